The molecule has 0 aliphatic heterocycles. The van der Waals surface area contributed by atoms with E-state index in [-0.39, 0.29) is 0 Å². The Morgan fingerprint density at radius 2 is 0.850 bits per heavy atom. The third-order valence-corrected chi connectivity index (χ3v) is 11.8. The fraction of sp³-hybridized carbons (Fsp3) is 0. The Balaban J connectivity index is 1.13. The normalized spacial score (nSPS) is 11.3. The first-order valence-electron chi connectivity index (χ1n) is 20.6. The summed E-state index contributed by atoms with van der Waals surface area (Å²) in [5.41, 5.74) is 16.2. The summed E-state index contributed by atoms with van der Waals surface area (Å²) >= 11 is 0. The van der Waals surface area contributed by atoms with Crippen LogP contribution in [0.15, 0.2) is 243 Å². The molecule has 60 heavy (non-hydrogen) atoms. The summed E-state index contributed by atoms with van der Waals surface area (Å²) in [6, 6.07) is 88.0. The van der Waals surface area contributed by atoms with E-state index in [1.54, 1.807) is 0 Å². The van der Waals surface area contributed by atoms with Crippen molar-refractivity contribution in [1.82, 2.24) is 4.57 Å². The Morgan fingerprint density at radius 1 is 0.283 bits per heavy atom. The second-order valence-corrected chi connectivity index (χ2v) is 15.3. The maximum Gasteiger partial charge on any atom is 0.0561 e. The second-order valence-electron chi connectivity index (χ2n) is 15.3. The Kier molecular flexibility index (Phi) is 8.87. The number of para-hydroxylation sites is 2. The molecule has 0 aliphatic carbocycles. The summed E-state index contributed by atoms with van der Waals surface area (Å²) in [7, 11) is 0. The van der Waals surface area contributed by atoms with Crippen LogP contribution in [0.3, 0.4) is 0 Å². The van der Waals surface area contributed by atoms with Crippen LogP contribution in [0.4, 0.5) is 17.1 Å². The van der Waals surface area contributed by atoms with Gasteiger partial charge in [0.05, 0.1) is 16.7 Å². The van der Waals surface area contributed by atoms with Crippen LogP contribution >= 0.6 is 0 Å². The lowest BCUT2D eigenvalue weighted by molar-refractivity contribution is 1.18. The van der Waals surface area contributed by atoms with Gasteiger partial charge in [-0.3, -0.25) is 0 Å². The number of anilines is 3. The molecule has 1 heterocycles. The van der Waals surface area contributed by atoms with Crippen LogP contribution in [-0.2, 0) is 0 Å². The molecule has 282 valence electrons. The zero-order chi connectivity index (χ0) is 39.8. The van der Waals surface area contributed by atoms with Crippen LogP contribution in [0.2, 0.25) is 0 Å². The molecule has 0 saturated heterocycles. The number of hydrogen-bond acceptors (Lipinski definition) is 1. The molecule has 11 rings (SSSR count). The van der Waals surface area contributed by atoms with Gasteiger partial charge in [-0.15, -0.1) is 0 Å². The molecule has 0 N–H and O–H groups in total. The van der Waals surface area contributed by atoms with Gasteiger partial charge >= 0.3 is 0 Å². The van der Waals surface area contributed by atoms with Gasteiger partial charge in [0.2, 0.25) is 0 Å². The van der Waals surface area contributed by atoms with E-state index in [1.807, 2.05) is 0 Å². The first-order chi connectivity index (χ1) is 29.8. The van der Waals surface area contributed by atoms with E-state index >= 15 is 0 Å². The van der Waals surface area contributed by atoms with Crippen molar-refractivity contribution in [3.8, 4) is 50.2 Å². The Bertz CT molecular complexity index is 3290. The van der Waals surface area contributed by atoms with Crippen molar-refractivity contribution >= 4 is 49.6 Å². The van der Waals surface area contributed by atoms with Gasteiger partial charge < -0.3 is 9.47 Å². The van der Waals surface area contributed by atoms with Crippen LogP contribution in [0, 0.1) is 0 Å². The molecule has 2 heteroatoms. The van der Waals surface area contributed by atoms with E-state index in [0.717, 1.165) is 28.3 Å². The minimum atomic E-state index is 1.08. The molecule has 11 aromatic rings. The van der Waals surface area contributed by atoms with E-state index in [2.05, 4.69) is 252 Å². The number of benzene rings is 10. The van der Waals surface area contributed by atoms with Gasteiger partial charge in [-0.25, -0.2) is 0 Å². The SMILES string of the molecule is c1ccc(-c2ccc(N(c3ccc4c5ccccc5n(-c5ccc(-c6ccc7ccccc7c6)c(-c6ccccc6)c5)c4c3)c3ccccc3-c3ccccc3)cc2)cc1. The van der Waals surface area contributed by atoms with Gasteiger partial charge in [-0.1, -0.05) is 188 Å². The lowest BCUT2D eigenvalue weighted by Crippen LogP contribution is -2.11. The highest BCUT2D eigenvalue weighted by Gasteiger charge is 2.21. The standard InChI is InChI=1S/C58H40N2/c1-4-16-41(17-5-1)43-30-32-48(33-31-43)59(56-26-14-12-24-52(56)44-19-6-2-7-20-44)50-35-37-54-53-25-13-15-27-57(53)60(58(54)40-50)49-34-36-51(55(39-49)45-21-8-3-9-22-45)47-29-28-42-18-10-11-23-46(42)38-47/h1-40H. The fourth-order valence-electron chi connectivity index (χ4n) is 8.90. The lowest BCUT2D eigenvalue weighted by atomic mass is 9.92. The maximum absolute atomic E-state index is 2.45. The summed E-state index contributed by atoms with van der Waals surface area (Å²) in [6.45, 7) is 0. The summed E-state index contributed by atoms with van der Waals surface area (Å²) in [4.78, 5) is 2.41. The molecule has 2 nitrogen and oxygen atoms in total. The fourth-order valence-corrected chi connectivity index (χ4v) is 8.90. The van der Waals surface area contributed by atoms with Gasteiger partial charge in [-0.2, -0.15) is 0 Å². The molecule has 0 spiro atoms. The number of nitrogens with zero attached hydrogens (tertiary/aromatic N) is 2. The van der Waals surface area contributed by atoms with Gasteiger partial charge in [0.1, 0.15) is 0 Å². The van der Waals surface area contributed by atoms with E-state index in [1.165, 1.54) is 71.6 Å². The average Bonchev–Trinajstić information content (AvgIpc) is 3.66. The topological polar surface area (TPSA) is 8.17 Å². The largest absolute Gasteiger partial charge is 0.310 e. The molecule has 0 fully saturated rings. The van der Waals surface area contributed by atoms with Crippen molar-refractivity contribution in [2.24, 2.45) is 0 Å². The first-order valence-corrected chi connectivity index (χ1v) is 20.6. The minimum absolute atomic E-state index is 1.08. The molecular weight excluding hydrogens is 725 g/mol. The molecule has 0 radical (unpaired) electrons. The molecule has 0 atom stereocenters. The number of hydrogen-bond donors (Lipinski definition) is 0. The molecular formula is C58H40N2. The Labute approximate surface area is 350 Å². The van der Waals surface area contributed by atoms with Gasteiger partial charge in [0, 0.05) is 33.4 Å². The monoisotopic (exact) mass is 764 g/mol. The van der Waals surface area contributed by atoms with Crippen LogP contribution in [-0.4, -0.2) is 4.57 Å². The van der Waals surface area contributed by atoms with Crippen LogP contribution in [0.5, 0.6) is 0 Å². The summed E-state index contributed by atoms with van der Waals surface area (Å²) in [6.07, 6.45) is 0. The third kappa shape index (κ3) is 6.32. The van der Waals surface area contributed by atoms with Gasteiger partial charge in [0.25, 0.3) is 0 Å². The maximum atomic E-state index is 2.45. The second kappa shape index (κ2) is 15.1. The van der Waals surface area contributed by atoms with Crippen molar-refractivity contribution in [2.75, 3.05) is 4.90 Å². The molecule has 0 saturated carbocycles. The predicted octanol–water partition coefficient (Wildman–Crippen LogP) is 16.1. The third-order valence-electron chi connectivity index (χ3n) is 11.8. The minimum Gasteiger partial charge on any atom is -0.310 e. The molecule has 0 unspecified atom stereocenters. The highest BCUT2D eigenvalue weighted by molar-refractivity contribution is 6.11. The molecule has 0 aliphatic rings. The zero-order valence-electron chi connectivity index (χ0n) is 33.0. The highest BCUT2D eigenvalue weighted by atomic mass is 15.1. The van der Waals surface area contributed by atoms with Crippen molar-refractivity contribution in [3.63, 3.8) is 0 Å². The average molecular weight is 765 g/mol. The quantitative estimate of drug-likeness (QED) is 0.150. The van der Waals surface area contributed by atoms with Crippen molar-refractivity contribution in [3.05, 3.63) is 243 Å². The Morgan fingerprint density at radius 3 is 1.62 bits per heavy atom. The van der Waals surface area contributed by atoms with E-state index in [0.29, 0.717) is 0 Å². The van der Waals surface area contributed by atoms with Gasteiger partial charge in [0.15, 0.2) is 0 Å². The Hall–Kier alpha value is -7.94. The summed E-state index contributed by atoms with van der Waals surface area (Å²) in [5.74, 6) is 0. The molecule has 1 aromatic heterocycles. The van der Waals surface area contributed by atoms with E-state index < -0.39 is 0 Å². The van der Waals surface area contributed by atoms with Crippen LogP contribution in [0.25, 0.3) is 82.8 Å². The molecule has 0 amide bonds. The number of rotatable bonds is 8. The van der Waals surface area contributed by atoms with Crippen LogP contribution < -0.4 is 4.90 Å². The number of aromatic nitrogens is 1. The lowest BCUT2D eigenvalue weighted by Gasteiger charge is -2.28. The van der Waals surface area contributed by atoms with Crippen LogP contribution in [0.1, 0.15) is 0 Å². The first kappa shape index (κ1) is 35.2. The number of fused-ring (bicyclic) bond motifs is 4. The summed E-state index contributed by atoms with van der Waals surface area (Å²) in [5, 5.41) is 4.92. The van der Waals surface area contributed by atoms with Crippen molar-refractivity contribution < 1.29 is 0 Å². The predicted molar refractivity (Wildman–Crippen MR) is 255 cm³/mol. The van der Waals surface area contributed by atoms with Gasteiger partial charge in [-0.05, 0) is 104 Å². The van der Waals surface area contributed by atoms with Crippen molar-refractivity contribution in [1.29, 1.82) is 0 Å². The van der Waals surface area contributed by atoms with E-state index in [4.69, 9.17) is 0 Å². The summed E-state index contributed by atoms with van der Waals surface area (Å²) < 4.78 is 2.45. The molecule has 10 aromatic carbocycles. The van der Waals surface area contributed by atoms with Crippen molar-refractivity contribution in [2.45, 2.75) is 0 Å². The zero-order valence-corrected chi connectivity index (χ0v) is 33.0. The van der Waals surface area contributed by atoms with E-state index in [9.17, 15) is 0 Å². The molecule has 0 bridgehead atoms. The highest BCUT2D eigenvalue weighted by Crippen LogP contribution is 2.44. The smallest absolute Gasteiger partial charge is 0.0561 e.